The van der Waals surface area contributed by atoms with Gasteiger partial charge in [0, 0.05) is 17.8 Å². The fourth-order valence-electron chi connectivity index (χ4n) is 1.32. The molecule has 5 heteroatoms. The lowest BCUT2D eigenvalue weighted by Crippen LogP contribution is -1.97. The van der Waals surface area contributed by atoms with Gasteiger partial charge in [0.1, 0.15) is 11.5 Å². The van der Waals surface area contributed by atoms with E-state index in [1.165, 1.54) is 0 Å². The van der Waals surface area contributed by atoms with Crippen LogP contribution < -0.4 is 10.5 Å². The average molecular weight is 269 g/mol. The van der Waals surface area contributed by atoms with E-state index in [1.54, 1.807) is 30.6 Å². The first-order valence-corrected chi connectivity index (χ1v) is 5.71. The van der Waals surface area contributed by atoms with E-state index in [-0.39, 0.29) is 0 Å². The van der Waals surface area contributed by atoms with Crippen LogP contribution in [0.25, 0.3) is 0 Å². The van der Waals surface area contributed by atoms with Crippen LogP contribution in [-0.2, 0) is 6.54 Å². The van der Waals surface area contributed by atoms with Crippen molar-refractivity contribution in [2.24, 2.45) is 5.73 Å². The van der Waals surface area contributed by atoms with Gasteiger partial charge in [-0.1, -0.05) is 23.2 Å². The molecule has 0 aliphatic heterocycles. The van der Waals surface area contributed by atoms with Crippen molar-refractivity contribution in [1.29, 1.82) is 0 Å². The molecule has 0 spiro atoms. The number of rotatable bonds is 3. The largest absolute Gasteiger partial charge is 0.454 e. The molecule has 1 aromatic carbocycles. The quantitative estimate of drug-likeness (QED) is 0.925. The molecule has 2 rings (SSSR count). The molecule has 0 aliphatic rings. The molecule has 88 valence electrons. The minimum absolute atomic E-state index is 0.415. The number of pyridine rings is 1. The van der Waals surface area contributed by atoms with E-state index in [2.05, 4.69) is 4.98 Å². The van der Waals surface area contributed by atoms with Crippen LogP contribution in [0.4, 0.5) is 0 Å². The van der Waals surface area contributed by atoms with Crippen molar-refractivity contribution in [3.63, 3.8) is 0 Å². The predicted octanol–water partition coefficient (Wildman–Crippen LogP) is 3.64. The van der Waals surface area contributed by atoms with Gasteiger partial charge in [-0.15, -0.1) is 0 Å². The smallest absolute Gasteiger partial charge is 0.146 e. The van der Waals surface area contributed by atoms with Gasteiger partial charge in [-0.3, -0.25) is 4.98 Å². The first kappa shape index (κ1) is 12.2. The van der Waals surface area contributed by atoms with E-state index in [1.807, 2.05) is 6.07 Å². The van der Waals surface area contributed by atoms with Gasteiger partial charge in [0.15, 0.2) is 0 Å². The summed E-state index contributed by atoms with van der Waals surface area (Å²) >= 11 is 11.8. The lowest BCUT2D eigenvalue weighted by Gasteiger charge is -2.08. The number of nitrogens with two attached hydrogens (primary N) is 1. The van der Waals surface area contributed by atoms with E-state index in [4.69, 9.17) is 33.7 Å². The molecule has 0 radical (unpaired) electrons. The molecule has 0 saturated heterocycles. The number of nitrogens with zero attached hydrogens (tertiary/aromatic N) is 1. The van der Waals surface area contributed by atoms with Gasteiger partial charge in [-0.05, 0) is 29.8 Å². The van der Waals surface area contributed by atoms with Crippen LogP contribution in [0.2, 0.25) is 10.0 Å². The van der Waals surface area contributed by atoms with Gasteiger partial charge >= 0.3 is 0 Å². The summed E-state index contributed by atoms with van der Waals surface area (Å²) in [6.07, 6.45) is 3.29. The molecule has 0 amide bonds. The fourth-order valence-corrected chi connectivity index (χ4v) is 1.76. The first-order chi connectivity index (χ1) is 8.19. The summed E-state index contributed by atoms with van der Waals surface area (Å²) < 4.78 is 5.60. The minimum atomic E-state index is 0.415. The van der Waals surface area contributed by atoms with Crippen molar-refractivity contribution in [3.05, 3.63) is 52.3 Å². The van der Waals surface area contributed by atoms with Crippen LogP contribution in [-0.4, -0.2) is 4.98 Å². The molecule has 1 aromatic heterocycles. The van der Waals surface area contributed by atoms with Gasteiger partial charge in [-0.25, -0.2) is 0 Å². The Morgan fingerprint density at radius 3 is 2.71 bits per heavy atom. The molecule has 2 aromatic rings. The van der Waals surface area contributed by atoms with Crippen LogP contribution in [0.1, 0.15) is 5.56 Å². The van der Waals surface area contributed by atoms with Gasteiger partial charge in [0.05, 0.1) is 11.2 Å². The van der Waals surface area contributed by atoms with E-state index < -0.39 is 0 Å². The van der Waals surface area contributed by atoms with Crippen molar-refractivity contribution in [2.75, 3.05) is 0 Å². The fraction of sp³-hybridized carbons (Fsp3) is 0.0833. The summed E-state index contributed by atoms with van der Waals surface area (Å²) in [6.45, 7) is 0.415. The molecule has 0 unspecified atom stereocenters. The monoisotopic (exact) mass is 268 g/mol. The Balaban J connectivity index is 2.25. The van der Waals surface area contributed by atoms with Gasteiger partial charge in [0.25, 0.3) is 0 Å². The van der Waals surface area contributed by atoms with Crippen LogP contribution in [0.15, 0.2) is 36.7 Å². The van der Waals surface area contributed by atoms with E-state index in [0.29, 0.717) is 28.1 Å². The molecule has 17 heavy (non-hydrogen) atoms. The maximum Gasteiger partial charge on any atom is 0.146 e. The minimum Gasteiger partial charge on any atom is -0.454 e. The summed E-state index contributed by atoms with van der Waals surface area (Å²) in [4.78, 5) is 4.02. The van der Waals surface area contributed by atoms with Crippen molar-refractivity contribution in [3.8, 4) is 11.5 Å². The van der Waals surface area contributed by atoms with Crippen LogP contribution in [0.3, 0.4) is 0 Å². The lowest BCUT2D eigenvalue weighted by molar-refractivity contribution is 0.479. The van der Waals surface area contributed by atoms with Crippen LogP contribution >= 0.6 is 23.2 Å². The normalized spacial score (nSPS) is 10.3. The molecular weight excluding hydrogens is 259 g/mol. The van der Waals surface area contributed by atoms with E-state index >= 15 is 0 Å². The van der Waals surface area contributed by atoms with Gasteiger partial charge in [-0.2, -0.15) is 0 Å². The zero-order chi connectivity index (χ0) is 12.3. The van der Waals surface area contributed by atoms with E-state index in [9.17, 15) is 0 Å². The average Bonchev–Trinajstić information content (AvgIpc) is 2.33. The third-order valence-corrected chi connectivity index (χ3v) is 2.66. The molecule has 0 aliphatic carbocycles. The van der Waals surface area contributed by atoms with Crippen molar-refractivity contribution >= 4 is 23.2 Å². The highest BCUT2D eigenvalue weighted by molar-refractivity contribution is 6.35. The summed E-state index contributed by atoms with van der Waals surface area (Å²) in [7, 11) is 0. The number of aromatic nitrogens is 1. The Hall–Kier alpha value is -1.29. The zero-order valence-electron chi connectivity index (χ0n) is 8.86. The second-order valence-electron chi connectivity index (χ2n) is 3.41. The van der Waals surface area contributed by atoms with E-state index in [0.717, 1.165) is 5.56 Å². The van der Waals surface area contributed by atoms with Gasteiger partial charge < -0.3 is 10.5 Å². The van der Waals surface area contributed by atoms with Crippen LogP contribution in [0.5, 0.6) is 11.5 Å². The maximum absolute atomic E-state index is 6.00. The Morgan fingerprint density at radius 1 is 1.18 bits per heavy atom. The Labute approximate surface area is 109 Å². The molecule has 0 saturated carbocycles. The number of hydrogen-bond donors (Lipinski definition) is 1. The standard InChI is InChI=1S/C12H10Cl2N2O/c13-9-1-2-12(11(14)4-9)17-10-3-8(5-15)6-16-7-10/h1-4,6-7H,5,15H2. The summed E-state index contributed by atoms with van der Waals surface area (Å²) in [5.41, 5.74) is 6.42. The van der Waals surface area contributed by atoms with Crippen molar-refractivity contribution in [2.45, 2.75) is 6.54 Å². The molecule has 0 atom stereocenters. The molecule has 1 heterocycles. The van der Waals surface area contributed by atoms with Crippen LogP contribution in [0, 0.1) is 0 Å². The molecule has 2 N–H and O–H groups in total. The topological polar surface area (TPSA) is 48.1 Å². The second kappa shape index (κ2) is 5.36. The summed E-state index contributed by atoms with van der Waals surface area (Å²) in [5, 5.41) is 1.02. The third-order valence-electron chi connectivity index (χ3n) is 2.13. The third kappa shape index (κ3) is 3.09. The molecule has 0 fully saturated rings. The number of hydrogen-bond acceptors (Lipinski definition) is 3. The second-order valence-corrected chi connectivity index (χ2v) is 4.25. The zero-order valence-corrected chi connectivity index (χ0v) is 10.4. The summed E-state index contributed by atoms with van der Waals surface area (Å²) in [5.74, 6) is 1.13. The Kier molecular flexibility index (Phi) is 3.84. The number of benzene rings is 1. The Bertz CT molecular complexity index is 532. The highest BCUT2D eigenvalue weighted by Gasteiger charge is 2.04. The van der Waals surface area contributed by atoms with Gasteiger partial charge in [0.2, 0.25) is 0 Å². The number of halogens is 2. The SMILES string of the molecule is NCc1cncc(Oc2ccc(Cl)cc2Cl)c1. The van der Waals surface area contributed by atoms with Crippen molar-refractivity contribution in [1.82, 2.24) is 4.98 Å². The predicted molar refractivity (Wildman–Crippen MR) is 68.7 cm³/mol. The highest BCUT2D eigenvalue weighted by atomic mass is 35.5. The first-order valence-electron chi connectivity index (χ1n) is 4.96. The number of ether oxygens (including phenoxy) is 1. The molecule has 0 bridgehead atoms. The molecular formula is C12H10Cl2N2O. The maximum atomic E-state index is 6.00. The Morgan fingerprint density at radius 2 is 2.00 bits per heavy atom. The van der Waals surface area contributed by atoms with Crippen molar-refractivity contribution < 1.29 is 4.74 Å². The summed E-state index contributed by atoms with van der Waals surface area (Å²) in [6, 6.07) is 6.86. The molecule has 3 nitrogen and oxygen atoms in total. The lowest BCUT2D eigenvalue weighted by atomic mass is 10.3. The highest BCUT2D eigenvalue weighted by Crippen LogP contribution is 2.31.